The molecular weight excluding hydrogens is 220 g/mol. The lowest BCUT2D eigenvalue weighted by Crippen LogP contribution is -2.27. The molecule has 1 amide bonds. The molecule has 1 atom stereocenters. The molecule has 0 saturated heterocycles. The lowest BCUT2D eigenvalue weighted by atomic mass is 10.1. The summed E-state index contributed by atoms with van der Waals surface area (Å²) in [5.41, 5.74) is 7.34. The molecule has 2 aromatic heterocycles. The van der Waals surface area contributed by atoms with Crippen molar-refractivity contribution >= 4 is 11.7 Å². The SMILES string of the molecule is Cc1cc(NC(=O)C(N)c2cnn(C)c2)n[nH]1. The number of nitrogens with two attached hydrogens (primary N) is 1. The van der Waals surface area contributed by atoms with Gasteiger partial charge in [-0.25, -0.2) is 0 Å². The summed E-state index contributed by atoms with van der Waals surface area (Å²) in [5, 5.41) is 13.2. The normalized spacial score (nSPS) is 12.4. The van der Waals surface area contributed by atoms with E-state index in [1.54, 1.807) is 30.2 Å². The van der Waals surface area contributed by atoms with E-state index in [0.29, 0.717) is 11.4 Å². The molecule has 0 aliphatic rings. The van der Waals surface area contributed by atoms with Crippen LogP contribution in [0.5, 0.6) is 0 Å². The maximum Gasteiger partial charge on any atom is 0.247 e. The highest BCUT2D eigenvalue weighted by Crippen LogP contribution is 2.12. The molecule has 4 N–H and O–H groups in total. The quantitative estimate of drug-likeness (QED) is 0.700. The number of amides is 1. The maximum absolute atomic E-state index is 11.8. The molecule has 0 radical (unpaired) electrons. The van der Waals surface area contributed by atoms with Gasteiger partial charge < -0.3 is 11.1 Å². The summed E-state index contributed by atoms with van der Waals surface area (Å²) < 4.78 is 1.60. The number of aromatic nitrogens is 4. The van der Waals surface area contributed by atoms with E-state index in [-0.39, 0.29) is 5.91 Å². The van der Waals surface area contributed by atoms with Gasteiger partial charge in [0.15, 0.2) is 5.82 Å². The number of aryl methyl sites for hydroxylation is 2. The Morgan fingerprint density at radius 2 is 2.41 bits per heavy atom. The molecule has 0 spiro atoms. The van der Waals surface area contributed by atoms with Crippen LogP contribution in [0.25, 0.3) is 0 Å². The monoisotopic (exact) mass is 234 g/mol. The van der Waals surface area contributed by atoms with E-state index in [0.717, 1.165) is 5.69 Å². The van der Waals surface area contributed by atoms with Gasteiger partial charge in [0, 0.05) is 30.6 Å². The topological polar surface area (TPSA) is 102 Å². The molecule has 90 valence electrons. The molecule has 1 unspecified atom stereocenters. The molecule has 7 heteroatoms. The zero-order valence-electron chi connectivity index (χ0n) is 9.64. The maximum atomic E-state index is 11.8. The molecule has 0 saturated carbocycles. The molecule has 2 aromatic rings. The predicted octanol–water partition coefficient (Wildman–Crippen LogP) is 0.0901. The van der Waals surface area contributed by atoms with Gasteiger partial charge in [0.2, 0.25) is 5.91 Å². The first-order valence-electron chi connectivity index (χ1n) is 5.13. The number of nitrogens with zero attached hydrogens (tertiary/aromatic N) is 3. The number of hydrogen-bond donors (Lipinski definition) is 3. The van der Waals surface area contributed by atoms with E-state index < -0.39 is 6.04 Å². The van der Waals surface area contributed by atoms with Gasteiger partial charge in [0.25, 0.3) is 0 Å². The number of hydrogen-bond acceptors (Lipinski definition) is 4. The van der Waals surface area contributed by atoms with Crippen molar-refractivity contribution in [3.63, 3.8) is 0 Å². The summed E-state index contributed by atoms with van der Waals surface area (Å²) in [6, 6.07) is 0.981. The molecule has 0 aliphatic heterocycles. The number of aromatic amines is 1. The standard InChI is InChI=1S/C10H14N6O/c1-6-3-8(15-14-6)13-10(17)9(11)7-4-12-16(2)5-7/h3-5,9H,11H2,1-2H3,(H2,13,14,15,17). The molecule has 0 fully saturated rings. The zero-order valence-corrected chi connectivity index (χ0v) is 9.64. The van der Waals surface area contributed by atoms with Crippen molar-refractivity contribution in [2.75, 3.05) is 5.32 Å². The van der Waals surface area contributed by atoms with Crippen molar-refractivity contribution in [2.45, 2.75) is 13.0 Å². The number of rotatable bonds is 3. The molecule has 2 rings (SSSR count). The highest BCUT2D eigenvalue weighted by Gasteiger charge is 2.18. The summed E-state index contributed by atoms with van der Waals surface area (Å²) in [4.78, 5) is 11.8. The Bertz CT molecular complexity index is 528. The van der Waals surface area contributed by atoms with Crippen molar-refractivity contribution in [3.05, 3.63) is 29.7 Å². The van der Waals surface area contributed by atoms with Gasteiger partial charge in [-0.1, -0.05) is 0 Å². The van der Waals surface area contributed by atoms with Gasteiger partial charge in [0.05, 0.1) is 6.20 Å². The number of anilines is 1. The average molecular weight is 234 g/mol. The highest BCUT2D eigenvalue weighted by molar-refractivity contribution is 5.94. The Hall–Kier alpha value is -2.15. The van der Waals surface area contributed by atoms with E-state index in [1.807, 2.05) is 6.92 Å². The first kappa shape index (κ1) is 11.3. The Morgan fingerprint density at radius 1 is 1.65 bits per heavy atom. The molecule has 2 heterocycles. The van der Waals surface area contributed by atoms with Crippen LogP contribution in [0.4, 0.5) is 5.82 Å². The van der Waals surface area contributed by atoms with Crippen molar-refractivity contribution in [1.82, 2.24) is 20.0 Å². The predicted molar refractivity (Wildman–Crippen MR) is 62.1 cm³/mol. The van der Waals surface area contributed by atoms with Gasteiger partial charge in [0.1, 0.15) is 6.04 Å². The second-order valence-electron chi connectivity index (χ2n) is 3.85. The van der Waals surface area contributed by atoms with E-state index in [1.165, 1.54) is 0 Å². The number of carbonyl (C=O) groups excluding carboxylic acids is 1. The largest absolute Gasteiger partial charge is 0.316 e. The number of nitrogens with one attached hydrogen (secondary N) is 2. The Kier molecular flexibility index (Phi) is 2.92. The fourth-order valence-electron chi connectivity index (χ4n) is 1.44. The minimum atomic E-state index is -0.749. The summed E-state index contributed by atoms with van der Waals surface area (Å²) in [6.45, 7) is 1.85. The van der Waals surface area contributed by atoms with Crippen LogP contribution in [0.15, 0.2) is 18.5 Å². The minimum Gasteiger partial charge on any atom is -0.316 e. The van der Waals surface area contributed by atoms with Crippen LogP contribution in [0.3, 0.4) is 0 Å². The molecule has 0 bridgehead atoms. The molecule has 7 nitrogen and oxygen atoms in total. The van der Waals surface area contributed by atoms with E-state index in [9.17, 15) is 4.79 Å². The average Bonchev–Trinajstić information content (AvgIpc) is 2.87. The van der Waals surface area contributed by atoms with E-state index in [2.05, 4.69) is 20.6 Å². The fraction of sp³-hybridized carbons (Fsp3) is 0.300. The van der Waals surface area contributed by atoms with Crippen LogP contribution in [-0.2, 0) is 11.8 Å². The summed E-state index contributed by atoms with van der Waals surface area (Å²) in [5.74, 6) is 0.149. The van der Waals surface area contributed by atoms with Crippen molar-refractivity contribution in [2.24, 2.45) is 12.8 Å². The van der Waals surface area contributed by atoms with Crippen LogP contribution >= 0.6 is 0 Å². The number of H-pyrrole nitrogens is 1. The second kappa shape index (κ2) is 4.38. The lowest BCUT2D eigenvalue weighted by Gasteiger charge is -2.08. The molecule has 0 aliphatic carbocycles. The van der Waals surface area contributed by atoms with Crippen molar-refractivity contribution in [1.29, 1.82) is 0 Å². The summed E-state index contributed by atoms with van der Waals surface area (Å²) in [7, 11) is 1.77. The smallest absolute Gasteiger partial charge is 0.247 e. The highest BCUT2D eigenvalue weighted by atomic mass is 16.2. The first-order valence-corrected chi connectivity index (χ1v) is 5.13. The molecular formula is C10H14N6O. The van der Waals surface area contributed by atoms with Crippen molar-refractivity contribution in [3.8, 4) is 0 Å². The zero-order chi connectivity index (χ0) is 12.4. The summed E-state index contributed by atoms with van der Waals surface area (Å²) >= 11 is 0. The molecule has 0 aromatic carbocycles. The summed E-state index contributed by atoms with van der Waals surface area (Å²) in [6.07, 6.45) is 3.28. The van der Waals surface area contributed by atoms with Gasteiger partial charge in [-0.2, -0.15) is 10.2 Å². The van der Waals surface area contributed by atoms with Crippen LogP contribution in [0.1, 0.15) is 17.3 Å². The Balaban J connectivity index is 2.05. The van der Waals surface area contributed by atoms with Crippen LogP contribution in [-0.4, -0.2) is 25.9 Å². The van der Waals surface area contributed by atoms with Crippen LogP contribution in [0.2, 0.25) is 0 Å². The number of carbonyl (C=O) groups is 1. The minimum absolute atomic E-state index is 0.315. The van der Waals surface area contributed by atoms with E-state index >= 15 is 0 Å². The Labute approximate surface area is 98.0 Å². The lowest BCUT2D eigenvalue weighted by molar-refractivity contribution is -0.117. The Morgan fingerprint density at radius 3 is 2.94 bits per heavy atom. The van der Waals surface area contributed by atoms with E-state index in [4.69, 9.17) is 5.73 Å². The van der Waals surface area contributed by atoms with Gasteiger partial charge in [-0.05, 0) is 6.92 Å². The molecule has 17 heavy (non-hydrogen) atoms. The third-order valence-corrected chi connectivity index (χ3v) is 2.32. The van der Waals surface area contributed by atoms with Crippen LogP contribution in [0, 0.1) is 6.92 Å². The first-order chi connectivity index (χ1) is 8.06. The third-order valence-electron chi connectivity index (χ3n) is 2.32. The van der Waals surface area contributed by atoms with Gasteiger partial charge >= 0.3 is 0 Å². The van der Waals surface area contributed by atoms with Crippen molar-refractivity contribution < 1.29 is 4.79 Å². The van der Waals surface area contributed by atoms with Gasteiger partial charge in [-0.15, -0.1) is 0 Å². The second-order valence-corrected chi connectivity index (χ2v) is 3.85. The van der Waals surface area contributed by atoms with Crippen LogP contribution < -0.4 is 11.1 Å². The van der Waals surface area contributed by atoms with Gasteiger partial charge in [-0.3, -0.25) is 14.6 Å². The third kappa shape index (κ3) is 2.51. The fourth-order valence-corrected chi connectivity index (χ4v) is 1.44.